The maximum atomic E-state index is 12.5. The molecule has 2 amide bonds. The zero-order valence-corrected chi connectivity index (χ0v) is 14.1. The van der Waals surface area contributed by atoms with Crippen LogP contribution in [0.4, 0.5) is 0 Å². The molecule has 2 aromatic carbocycles. The fourth-order valence-electron chi connectivity index (χ4n) is 3.12. The van der Waals surface area contributed by atoms with Gasteiger partial charge in [-0.15, -0.1) is 0 Å². The number of fused-ring (bicyclic) bond motifs is 1. The summed E-state index contributed by atoms with van der Waals surface area (Å²) >= 11 is 0. The second-order valence-corrected chi connectivity index (χ2v) is 6.02. The summed E-state index contributed by atoms with van der Waals surface area (Å²) in [5, 5.41) is 11.7. The van der Waals surface area contributed by atoms with E-state index in [0.29, 0.717) is 17.5 Å². The maximum Gasteiger partial charge on any atom is 0.302 e. The van der Waals surface area contributed by atoms with E-state index in [0.717, 1.165) is 5.56 Å². The topological polar surface area (TPSA) is 105 Å². The van der Waals surface area contributed by atoms with Crippen molar-refractivity contribution < 1.29 is 24.3 Å². The molecule has 3 N–H and O–H groups in total. The Kier molecular flexibility index (Phi) is 4.99. The third-order valence-electron chi connectivity index (χ3n) is 4.28. The molecule has 0 radical (unpaired) electrons. The van der Waals surface area contributed by atoms with Gasteiger partial charge in [0.1, 0.15) is 6.10 Å². The molecule has 0 spiro atoms. The third-order valence-corrected chi connectivity index (χ3v) is 4.28. The van der Waals surface area contributed by atoms with Crippen LogP contribution in [0.2, 0.25) is 0 Å². The lowest BCUT2D eigenvalue weighted by atomic mass is 10.0. The molecule has 0 fully saturated rings. The number of esters is 1. The summed E-state index contributed by atoms with van der Waals surface area (Å²) < 4.78 is 5.37. The van der Waals surface area contributed by atoms with Crippen LogP contribution in [-0.2, 0) is 16.0 Å². The number of ether oxygens (including phenoxy) is 1. The Bertz CT molecular complexity index is 850. The lowest BCUT2D eigenvalue weighted by Crippen LogP contribution is -2.36. The Morgan fingerprint density at radius 3 is 2.42 bits per heavy atom. The molecule has 0 unspecified atom stereocenters. The highest BCUT2D eigenvalue weighted by atomic mass is 16.5. The smallest absolute Gasteiger partial charge is 0.302 e. The van der Waals surface area contributed by atoms with Crippen molar-refractivity contribution in [1.29, 1.82) is 0 Å². The minimum atomic E-state index is -0.656. The van der Waals surface area contributed by atoms with Gasteiger partial charge < -0.3 is 10.1 Å². The molecule has 0 saturated heterocycles. The molecule has 2 aromatic rings. The molecule has 1 aliphatic carbocycles. The van der Waals surface area contributed by atoms with Crippen LogP contribution in [-0.4, -0.2) is 29.1 Å². The van der Waals surface area contributed by atoms with Gasteiger partial charge in [0.2, 0.25) is 0 Å². The van der Waals surface area contributed by atoms with Crippen molar-refractivity contribution in [2.45, 2.75) is 25.5 Å². The quantitative estimate of drug-likeness (QED) is 0.441. The summed E-state index contributed by atoms with van der Waals surface area (Å²) in [6, 6.07) is 13.0. The summed E-state index contributed by atoms with van der Waals surface area (Å²) in [4.78, 5) is 35.7. The lowest BCUT2D eigenvalue weighted by molar-refractivity contribution is -0.147. The Hall–Kier alpha value is -3.19. The average Bonchev–Trinajstić information content (AvgIpc) is 2.97. The first-order valence-electron chi connectivity index (χ1n) is 8.10. The molecule has 3 rings (SSSR count). The van der Waals surface area contributed by atoms with Gasteiger partial charge in [0.05, 0.1) is 6.04 Å². The molecule has 2 atom stereocenters. The van der Waals surface area contributed by atoms with E-state index in [1.54, 1.807) is 47.9 Å². The predicted octanol–water partition coefficient (Wildman–Crippen LogP) is 1.76. The lowest BCUT2D eigenvalue weighted by Gasteiger charge is -2.22. The number of carbonyl (C=O) groups excluding carboxylic acids is 3. The number of nitrogens with one attached hydrogen (secondary N) is 2. The molecule has 0 aliphatic heterocycles. The van der Waals surface area contributed by atoms with Gasteiger partial charge in [-0.25, -0.2) is 5.48 Å². The Labute approximate surface area is 149 Å². The van der Waals surface area contributed by atoms with E-state index in [4.69, 9.17) is 9.94 Å². The normalized spacial score (nSPS) is 17.9. The molecule has 7 heteroatoms. The highest BCUT2D eigenvalue weighted by Gasteiger charge is 2.36. The van der Waals surface area contributed by atoms with Crippen LogP contribution < -0.4 is 10.8 Å². The summed E-state index contributed by atoms with van der Waals surface area (Å²) in [7, 11) is 0. The second-order valence-electron chi connectivity index (χ2n) is 6.02. The summed E-state index contributed by atoms with van der Waals surface area (Å²) in [6.45, 7) is 1.31. The van der Waals surface area contributed by atoms with Gasteiger partial charge in [0, 0.05) is 24.5 Å². The van der Waals surface area contributed by atoms with Crippen LogP contribution in [0.25, 0.3) is 0 Å². The molecule has 0 heterocycles. The van der Waals surface area contributed by atoms with Crippen molar-refractivity contribution in [3.63, 3.8) is 0 Å². The van der Waals surface area contributed by atoms with E-state index in [-0.39, 0.29) is 11.5 Å². The molecule has 0 saturated carbocycles. The van der Waals surface area contributed by atoms with Gasteiger partial charge in [-0.05, 0) is 35.4 Å². The van der Waals surface area contributed by atoms with Crippen molar-refractivity contribution in [3.05, 3.63) is 70.8 Å². The fourth-order valence-corrected chi connectivity index (χ4v) is 3.12. The van der Waals surface area contributed by atoms with Gasteiger partial charge in [-0.3, -0.25) is 19.6 Å². The molecular weight excluding hydrogens is 336 g/mol. The second kappa shape index (κ2) is 7.37. The Morgan fingerprint density at radius 1 is 1.04 bits per heavy atom. The first kappa shape index (κ1) is 17.6. The minimum Gasteiger partial charge on any atom is -0.460 e. The highest BCUT2D eigenvalue weighted by Crippen LogP contribution is 2.34. The van der Waals surface area contributed by atoms with Crippen molar-refractivity contribution in [2.24, 2.45) is 0 Å². The number of hydroxylamine groups is 1. The molecule has 0 aromatic heterocycles. The number of hydrogen-bond acceptors (Lipinski definition) is 5. The molecule has 134 valence electrons. The molecule has 7 nitrogen and oxygen atoms in total. The highest BCUT2D eigenvalue weighted by molar-refractivity contribution is 5.95. The largest absolute Gasteiger partial charge is 0.460 e. The summed E-state index contributed by atoms with van der Waals surface area (Å²) in [5.74, 6) is -1.41. The van der Waals surface area contributed by atoms with Crippen LogP contribution in [0.15, 0.2) is 48.5 Å². The molecule has 1 aliphatic rings. The van der Waals surface area contributed by atoms with Gasteiger partial charge >= 0.3 is 5.97 Å². The number of rotatable bonds is 4. The van der Waals surface area contributed by atoms with Crippen LogP contribution in [0.3, 0.4) is 0 Å². The molecule has 0 bridgehead atoms. The van der Waals surface area contributed by atoms with E-state index < -0.39 is 24.0 Å². The van der Waals surface area contributed by atoms with Crippen LogP contribution in [0.1, 0.15) is 44.8 Å². The Morgan fingerprint density at radius 2 is 1.77 bits per heavy atom. The van der Waals surface area contributed by atoms with Crippen LogP contribution >= 0.6 is 0 Å². The predicted molar refractivity (Wildman–Crippen MR) is 91.6 cm³/mol. The standard InChI is InChI=1S/C19H18N2O5/c1-11(22)26-16-10-13-7-8-14(19(24)21-25)9-15(13)17(16)20-18(23)12-5-3-2-4-6-12/h2-9,16-17,25H,10H2,1H3,(H,20,23)(H,21,24)/t16-,17-/m1/s1. The monoisotopic (exact) mass is 354 g/mol. The van der Waals surface area contributed by atoms with E-state index in [2.05, 4.69) is 5.32 Å². The average molecular weight is 354 g/mol. The van der Waals surface area contributed by atoms with Crippen molar-refractivity contribution in [2.75, 3.05) is 0 Å². The SMILES string of the molecule is CC(=O)O[C@@H]1Cc2ccc(C(=O)NO)cc2[C@H]1NC(=O)c1ccccc1. The zero-order chi connectivity index (χ0) is 18.7. The van der Waals surface area contributed by atoms with Gasteiger partial charge in [-0.2, -0.15) is 0 Å². The van der Waals surface area contributed by atoms with Crippen molar-refractivity contribution >= 4 is 17.8 Å². The van der Waals surface area contributed by atoms with E-state index in [1.165, 1.54) is 6.92 Å². The number of amides is 2. The van der Waals surface area contributed by atoms with Crippen LogP contribution in [0.5, 0.6) is 0 Å². The maximum absolute atomic E-state index is 12.5. The molecular formula is C19H18N2O5. The van der Waals surface area contributed by atoms with Crippen LogP contribution in [0, 0.1) is 0 Å². The number of benzene rings is 2. The molecule has 26 heavy (non-hydrogen) atoms. The van der Waals surface area contributed by atoms with Gasteiger partial charge in [-0.1, -0.05) is 24.3 Å². The third kappa shape index (κ3) is 3.57. The minimum absolute atomic E-state index is 0.244. The first-order valence-corrected chi connectivity index (χ1v) is 8.10. The fraction of sp³-hybridized carbons (Fsp3) is 0.211. The van der Waals surface area contributed by atoms with E-state index >= 15 is 0 Å². The van der Waals surface area contributed by atoms with Gasteiger partial charge in [0.15, 0.2) is 0 Å². The summed E-state index contributed by atoms with van der Waals surface area (Å²) in [6.07, 6.45) is -0.141. The van der Waals surface area contributed by atoms with Crippen molar-refractivity contribution in [3.8, 4) is 0 Å². The van der Waals surface area contributed by atoms with E-state index in [1.807, 2.05) is 6.07 Å². The first-order chi connectivity index (χ1) is 12.5. The number of carbonyl (C=O) groups is 3. The van der Waals surface area contributed by atoms with Gasteiger partial charge in [0.25, 0.3) is 11.8 Å². The number of hydrogen-bond donors (Lipinski definition) is 3. The van der Waals surface area contributed by atoms with Crippen molar-refractivity contribution in [1.82, 2.24) is 10.8 Å². The summed E-state index contributed by atoms with van der Waals surface area (Å²) in [5.41, 5.74) is 3.86. The zero-order valence-electron chi connectivity index (χ0n) is 14.1. The van der Waals surface area contributed by atoms with E-state index in [9.17, 15) is 14.4 Å². The Balaban J connectivity index is 1.92.